The minimum absolute atomic E-state index is 0.102. The van der Waals surface area contributed by atoms with E-state index >= 15 is 0 Å². The molecule has 0 saturated carbocycles. The van der Waals surface area contributed by atoms with Crippen molar-refractivity contribution in [3.63, 3.8) is 0 Å². The number of nitrogens with two attached hydrogens (primary N) is 1. The first-order valence-corrected chi connectivity index (χ1v) is 4.56. The molecule has 1 rings (SSSR count). The summed E-state index contributed by atoms with van der Waals surface area (Å²) in [5.74, 6) is -0.431. The average molecular weight is 195 g/mol. The van der Waals surface area contributed by atoms with E-state index in [1.165, 1.54) is 6.07 Å². The van der Waals surface area contributed by atoms with E-state index in [1.54, 1.807) is 19.9 Å². The molecule has 0 amide bonds. The fourth-order valence-corrected chi connectivity index (χ4v) is 1.25. The Morgan fingerprint density at radius 1 is 1.43 bits per heavy atom. The third kappa shape index (κ3) is 2.17. The zero-order chi connectivity index (χ0) is 10.7. The third-order valence-corrected chi connectivity index (χ3v) is 2.30. The summed E-state index contributed by atoms with van der Waals surface area (Å²) in [7, 11) is 0. The van der Waals surface area contributed by atoms with Gasteiger partial charge in [0.1, 0.15) is 5.82 Å². The molecule has 0 atom stereocenters. The number of halogens is 1. The van der Waals surface area contributed by atoms with Crippen LogP contribution in [0.1, 0.15) is 27.9 Å². The molecule has 3 heteroatoms. The molecule has 0 unspecified atom stereocenters. The maximum atomic E-state index is 13.3. The van der Waals surface area contributed by atoms with Crippen molar-refractivity contribution in [3.8, 4) is 0 Å². The Bertz CT molecular complexity index is 337. The zero-order valence-corrected chi connectivity index (χ0v) is 8.43. The number of hydrogen-bond donors (Lipinski definition) is 1. The van der Waals surface area contributed by atoms with Crippen molar-refractivity contribution < 1.29 is 9.18 Å². The van der Waals surface area contributed by atoms with E-state index in [-0.39, 0.29) is 18.0 Å². The molecule has 0 radical (unpaired) electrons. The van der Waals surface area contributed by atoms with Crippen LogP contribution in [-0.4, -0.2) is 12.3 Å². The van der Waals surface area contributed by atoms with Crippen LogP contribution in [0.5, 0.6) is 0 Å². The topological polar surface area (TPSA) is 43.1 Å². The van der Waals surface area contributed by atoms with Crippen LogP contribution in [0.15, 0.2) is 12.1 Å². The van der Waals surface area contributed by atoms with Crippen LogP contribution in [0.4, 0.5) is 4.39 Å². The average Bonchev–Trinajstić information content (AvgIpc) is 2.13. The lowest BCUT2D eigenvalue weighted by atomic mass is 10.0. The van der Waals surface area contributed by atoms with Gasteiger partial charge in [-0.15, -0.1) is 0 Å². The van der Waals surface area contributed by atoms with Crippen LogP contribution in [-0.2, 0) is 0 Å². The summed E-state index contributed by atoms with van der Waals surface area (Å²) in [6.45, 7) is 3.78. The Labute approximate surface area is 82.9 Å². The standard InChI is InChI=1S/C11H14FNO/c1-7-5-9(11(14)3-4-13)6-10(12)8(7)2/h5-6H,3-4,13H2,1-2H3. The van der Waals surface area contributed by atoms with E-state index in [4.69, 9.17) is 5.73 Å². The summed E-state index contributed by atoms with van der Waals surface area (Å²) < 4.78 is 13.3. The highest BCUT2D eigenvalue weighted by Crippen LogP contribution is 2.15. The molecule has 1 aromatic carbocycles. The van der Waals surface area contributed by atoms with E-state index in [9.17, 15) is 9.18 Å². The summed E-state index contributed by atoms with van der Waals surface area (Å²) in [5.41, 5.74) is 7.06. The molecule has 1 aromatic rings. The van der Waals surface area contributed by atoms with Crippen molar-refractivity contribution in [2.24, 2.45) is 5.73 Å². The van der Waals surface area contributed by atoms with E-state index < -0.39 is 0 Å². The SMILES string of the molecule is Cc1cc(C(=O)CCN)cc(F)c1C. The fourth-order valence-electron chi connectivity index (χ4n) is 1.25. The van der Waals surface area contributed by atoms with Crippen molar-refractivity contribution in [2.75, 3.05) is 6.54 Å². The second kappa shape index (κ2) is 4.33. The highest BCUT2D eigenvalue weighted by molar-refractivity contribution is 5.96. The molecule has 0 spiro atoms. The molecular formula is C11H14FNO. The molecular weight excluding hydrogens is 181 g/mol. The van der Waals surface area contributed by atoms with Gasteiger partial charge in [0.2, 0.25) is 0 Å². The number of rotatable bonds is 3. The van der Waals surface area contributed by atoms with Gasteiger partial charge in [-0.2, -0.15) is 0 Å². The van der Waals surface area contributed by atoms with Crippen molar-refractivity contribution >= 4 is 5.78 Å². The maximum Gasteiger partial charge on any atom is 0.164 e. The molecule has 76 valence electrons. The monoisotopic (exact) mass is 195 g/mol. The summed E-state index contributed by atoms with van der Waals surface area (Å²) >= 11 is 0. The van der Waals surface area contributed by atoms with Gasteiger partial charge in [0.25, 0.3) is 0 Å². The number of Topliss-reactive ketones (excluding diaryl/α,β-unsaturated/α-hetero) is 1. The van der Waals surface area contributed by atoms with Crippen molar-refractivity contribution in [1.82, 2.24) is 0 Å². The second-order valence-electron chi connectivity index (χ2n) is 3.36. The first-order chi connectivity index (χ1) is 6.56. The lowest BCUT2D eigenvalue weighted by Gasteiger charge is -2.05. The molecule has 14 heavy (non-hydrogen) atoms. The Hall–Kier alpha value is -1.22. The number of benzene rings is 1. The Balaban J connectivity index is 3.06. The molecule has 0 bridgehead atoms. The minimum atomic E-state index is -0.328. The summed E-state index contributed by atoms with van der Waals surface area (Å²) in [6, 6.07) is 2.98. The fraction of sp³-hybridized carbons (Fsp3) is 0.364. The number of ketones is 1. The second-order valence-corrected chi connectivity index (χ2v) is 3.36. The van der Waals surface area contributed by atoms with E-state index in [1.807, 2.05) is 0 Å². The molecule has 0 saturated heterocycles. The number of carbonyl (C=O) groups is 1. The van der Waals surface area contributed by atoms with Crippen LogP contribution in [0.2, 0.25) is 0 Å². The molecule has 0 aromatic heterocycles. The van der Waals surface area contributed by atoms with E-state index in [2.05, 4.69) is 0 Å². The highest BCUT2D eigenvalue weighted by Gasteiger charge is 2.09. The number of aryl methyl sites for hydroxylation is 1. The lowest BCUT2D eigenvalue weighted by molar-refractivity contribution is 0.0985. The van der Waals surface area contributed by atoms with Crippen molar-refractivity contribution in [3.05, 3.63) is 34.6 Å². The van der Waals surface area contributed by atoms with Gasteiger partial charge in [0.05, 0.1) is 0 Å². The van der Waals surface area contributed by atoms with Crippen LogP contribution in [0.3, 0.4) is 0 Å². The first kappa shape index (κ1) is 10.9. The van der Waals surface area contributed by atoms with Gasteiger partial charge < -0.3 is 5.73 Å². The maximum absolute atomic E-state index is 13.3. The molecule has 2 N–H and O–H groups in total. The van der Waals surface area contributed by atoms with E-state index in [0.29, 0.717) is 17.7 Å². The molecule has 0 aliphatic heterocycles. The predicted octanol–water partition coefficient (Wildman–Crippen LogP) is 1.97. The van der Waals surface area contributed by atoms with Crippen LogP contribution in [0, 0.1) is 19.7 Å². The van der Waals surface area contributed by atoms with Gasteiger partial charge in [0, 0.05) is 12.0 Å². The van der Waals surface area contributed by atoms with Crippen molar-refractivity contribution in [1.29, 1.82) is 0 Å². The van der Waals surface area contributed by atoms with Gasteiger partial charge >= 0.3 is 0 Å². The first-order valence-electron chi connectivity index (χ1n) is 4.56. The number of carbonyl (C=O) groups excluding carboxylic acids is 1. The van der Waals surface area contributed by atoms with Gasteiger partial charge in [-0.3, -0.25) is 4.79 Å². The predicted molar refractivity (Wildman–Crippen MR) is 53.9 cm³/mol. The van der Waals surface area contributed by atoms with Crippen LogP contribution in [0.25, 0.3) is 0 Å². The largest absolute Gasteiger partial charge is 0.330 e. The van der Waals surface area contributed by atoms with Gasteiger partial charge in [-0.05, 0) is 43.7 Å². The van der Waals surface area contributed by atoms with Gasteiger partial charge in [-0.25, -0.2) is 4.39 Å². The smallest absolute Gasteiger partial charge is 0.164 e. The molecule has 0 aliphatic carbocycles. The summed E-state index contributed by atoms with van der Waals surface area (Å²) in [5, 5.41) is 0. The van der Waals surface area contributed by atoms with Gasteiger partial charge in [0.15, 0.2) is 5.78 Å². The molecule has 0 heterocycles. The van der Waals surface area contributed by atoms with Crippen molar-refractivity contribution in [2.45, 2.75) is 20.3 Å². The van der Waals surface area contributed by atoms with Crippen LogP contribution >= 0.6 is 0 Å². The molecule has 2 nitrogen and oxygen atoms in total. The van der Waals surface area contributed by atoms with E-state index in [0.717, 1.165) is 5.56 Å². The summed E-state index contributed by atoms with van der Waals surface area (Å²) in [4.78, 5) is 11.4. The Morgan fingerprint density at radius 3 is 2.57 bits per heavy atom. The normalized spacial score (nSPS) is 10.3. The third-order valence-electron chi connectivity index (χ3n) is 2.30. The molecule has 0 aliphatic rings. The zero-order valence-electron chi connectivity index (χ0n) is 8.43. The quantitative estimate of drug-likeness (QED) is 0.749. The Kier molecular flexibility index (Phi) is 3.36. The Morgan fingerprint density at radius 2 is 2.07 bits per heavy atom. The van der Waals surface area contributed by atoms with Gasteiger partial charge in [-0.1, -0.05) is 0 Å². The minimum Gasteiger partial charge on any atom is -0.330 e. The number of hydrogen-bond acceptors (Lipinski definition) is 2. The summed E-state index contributed by atoms with van der Waals surface area (Å²) in [6.07, 6.45) is 0.266. The lowest BCUT2D eigenvalue weighted by Crippen LogP contribution is -2.09. The highest BCUT2D eigenvalue weighted by atomic mass is 19.1. The molecule has 0 fully saturated rings. The van der Waals surface area contributed by atoms with Crippen LogP contribution < -0.4 is 5.73 Å².